The quantitative estimate of drug-likeness (QED) is 0.0777. The Hall–Kier alpha value is -3.26. The van der Waals surface area contributed by atoms with E-state index in [1.165, 1.54) is 0 Å². The highest BCUT2D eigenvalue weighted by Crippen LogP contribution is 2.20. The summed E-state index contributed by atoms with van der Waals surface area (Å²) >= 11 is 0. The highest BCUT2D eigenvalue weighted by molar-refractivity contribution is 6.04. The lowest BCUT2D eigenvalue weighted by molar-refractivity contribution is -0.131. The monoisotopic (exact) mass is 722 g/mol. The molecule has 1 saturated heterocycles. The first kappa shape index (κ1) is 44.8. The van der Waals surface area contributed by atoms with Crippen LogP contribution in [0.2, 0.25) is 0 Å². The van der Waals surface area contributed by atoms with Crippen molar-refractivity contribution >= 4 is 48.0 Å². The van der Waals surface area contributed by atoms with Crippen LogP contribution in [-0.4, -0.2) is 97.2 Å². The molecule has 0 saturated carbocycles. The van der Waals surface area contributed by atoms with Crippen LogP contribution in [0.15, 0.2) is 18.2 Å². The van der Waals surface area contributed by atoms with Gasteiger partial charge in [-0.25, -0.2) is 5.01 Å². The average Bonchev–Trinajstić information content (AvgIpc) is 3.57. The minimum absolute atomic E-state index is 0. The molecule has 0 unspecified atom stereocenters. The van der Waals surface area contributed by atoms with Crippen LogP contribution in [0, 0.1) is 17.8 Å². The minimum atomic E-state index is -0.935. The van der Waals surface area contributed by atoms with Crippen molar-refractivity contribution in [3.05, 3.63) is 29.3 Å². The Morgan fingerprint density at radius 1 is 0.800 bits per heavy atom. The number of nitrogens with zero attached hydrogens (tertiary/aromatic N) is 2. The normalized spacial score (nSPS) is 15.0. The molecule has 2 rings (SSSR count). The van der Waals surface area contributed by atoms with Gasteiger partial charge in [0.25, 0.3) is 11.8 Å². The molecule has 1 heterocycles. The molecule has 3 atom stereocenters. The van der Waals surface area contributed by atoms with Gasteiger partial charge in [0.15, 0.2) is 0 Å². The van der Waals surface area contributed by atoms with Gasteiger partial charge in [0.2, 0.25) is 11.8 Å². The Balaban J connectivity index is 0.0000125. The summed E-state index contributed by atoms with van der Waals surface area (Å²) in [5.41, 5.74) is 7.31. The van der Waals surface area contributed by atoms with Crippen molar-refractivity contribution in [2.45, 2.75) is 106 Å². The number of amides is 4. The molecule has 1 aromatic rings. The van der Waals surface area contributed by atoms with Gasteiger partial charge in [0.05, 0.1) is 17.3 Å². The number of hydrogen-bond donors (Lipinski definition) is 6. The van der Waals surface area contributed by atoms with Gasteiger partial charge in [-0.2, -0.15) is 5.53 Å². The third kappa shape index (κ3) is 15.7. The zero-order valence-electron chi connectivity index (χ0n) is 31.4. The Kier molecular flexibility index (Phi) is 20.8. The zero-order chi connectivity index (χ0) is 36.5. The van der Waals surface area contributed by atoms with Crippen LogP contribution in [-0.2, 0) is 14.4 Å². The van der Waals surface area contributed by atoms with E-state index in [2.05, 4.69) is 51.0 Å². The van der Waals surface area contributed by atoms with Crippen molar-refractivity contribution < 1.29 is 24.0 Å². The van der Waals surface area contributed by atoms with Crippen LogP contribution >= 0.6 is 12.4 Å². The van der Waals surface area contributed by atoms with Crippen LogP contribution in [0.1, 0.15) is 108 Å². The van der Waals surface area contributed by atoms with Crippen LogP contribution in [0.3, 0.4) is 0 Å². The first-order valence-corrected chi connectivity index (χ1v) is 18.1. The van der Waals surface area contributed by atoms with E-state index in [1.807, 2.05) is 46.6 Å². The molecule has 0 aliphatic carbocycles. The largest absolute Gasteiger partial charge is 0.351 e. The van der Waals surface area contributed by atoms with Gasteiger partial charge >= 0.3 is 0 Å². The van der Waals surface area contributed by atoms with Crippen molar-refractivity contribution in [2.75, 3.05) is 44.7 Å². The first-order chi connectivity index (χ1) is 23.3. The molecular formula is C36H63ClN8O5. The van der Waals surface area contributed by atoms with Crippen LogP contribution < -0.4 is 32.2 Å². The van der Waals surface area contributed by atoms with E-state index < -0.39 is 35.8 Å². The second kappa shape index (κ2) is 23.3. The Morgan fingerprint density at radius 2 is 1.36 bits per heavy atom. The van der Waals surface area contributed by atoms with E-state index in [0.717, 1.165) is 51.9 Å². The lowest BCUT2D eigenvalue weighted by Gasteiger charge is -2.26. The Labute approximate surface area is 305 Å². The molecular weight excluding hydrogens is 660 g/mol. The molecule has 0 radical (unpaired) electrons. The number of likely N-dealkylation sites (N-methyl/N-ethyl adjacent to an activating group) is 1. The molecule has 6 N–H and O–H groups in total. The summed E-state index contributed by atoms with van der Waals surface area (Å²) in [5.74, 6) is -1.33. The van der Waals surface area contributed by atoms with Gasteiger partial charge in [-0.05, 0) is 81.1 Å². The first-order valence-electron chi connectivity index (χ1n) is 18.1. The summed E-state index contributed by atoms with van der Waals surface area (Å²) < 4.78 is 0. The lowest BCUT2D eigenvalue weighted by Crippen LogP contribution is -2.55. The number of carbonyl (C=O) groups excluding carboxylic acids is 5. The van der Waals surface area contributed by atoms with Crippen molar-refractivity contribution in [3.8, 4) is 0 Å². The number of benzene rings is 1. The van der Waals surface area contributed by atoms with Gasteiger partial charge in [-0.3, -0.25) is 19.2 Å². The fourth-order valence-corrected chi connectivity index (χ4v) is 5.78. The van der Waals surface area contributed by atoms with Gasteiger partial charge in [-0.15, -0.1) is 12.4 Å². The summed E-state index contributed by atoms with van der Waals surface area (Å²) in [4.78, 5) is 67.8. The number of halogens is 1. The summed E-state index contributed by atoms with van der Waals surface area (Å²) in [5, 5.41) is 13.5. The van der Waals surface area contributed by atoms with E-state index in [-0.39, 0.29) is 41.6 Å². The number of aldehydes is 1. The number of rotatable bonds is 22. The maximum absolute atomic E-state index is 13.8. The highest BCUT2D eigenvalue weighted by Gasteiger charge is 2.30. The van der Waals surface area contributed by atoms with Crippen molar-refractivity contribution in [2.24, 2.45) is 17.8 Å². The third-order valence-corrected chi connectivity index (χ3v) is 8.48. The molecule has 1 aliphatic heterocycles. The van der Waals surface area contributed by atoms with Gasteiger partial charge in [0, 0.05) is 31.7 Å². The fraction of sp³-hybridized carbons (Fsp3) is 0.694. The number of hydrazine groups is 2. The SMILES string of the molecule is CCN(CC)CCNC(=O)c1ccc(C(=O)N[C@@H](CC(C)C)C(=O)N[C@@H](CC(C)C)C(=O)N[C@H](C=O)CC(C)C)c(NNN2CCCC2)c1.Cl. The van der Waals surface area contributed by atoms with Gasteiger partial charge < -0.3 is 36.4 Å². The van der Waals surface area contributed by atoms with Crippen LogP contribution in [0.5, 0.6) is 0 Å². The number of hydrogen-bond acceptors (Lipinski definition) is 9. The Morgan fingerprint density at radius 3 is 1.90 bits per heavy atom. The lowest BCUT2D eigenvalue weighted by atomic mass is 9.99. The highest BCUT2D eigenvalue weighted by atomic mass is 35.5. The van der Waals surface area contributed by atoms with Gasteiger partial charge in [-0.1, -0.05) is 55.4 Å². The predicted molar refractivity (Wildman–Crippen MR) is 201 cm³/mol. The third-order valence-electron chi connectivity index (χ3n) is 8.48. The van der Waals surface area contributed by atoms with Crippen LogP contribution in [0.25, 0.3) is 0 Å². The summed E-state index contributed by atoms with van der Waals surface area (Å²) in [7, 11) is 0. The average molecular weight is 723 g/mol. The predicted octanol–water partition coefficient (Wildman–Crippen LogP) is 3.51. The number of anilines is 1. The van der Waals surface area contributed by atoms with Crippen molar-refractivity contribution in [1.29, 1.82) is 0 Å². The molecule has 50 heavy (non-hydrogen) atoms. The fourth-order valence-electron chi connectivity index (χ4n) is 5.78. The van der Waals surface area contributed by atoms with E-state index in [0.29, 0.717) is 37.1 Å². The second-order valence-corrected chi connectivity index (χ2v) is 14.2. The molecule has 13 nitrogen and oxygen atoms in total. The summed E-state index contributed by atoms with van der Waals surface area (Å²) in [6.07, 6.45) is 4.00. The molecule has 284 valence electrons. The van der Waals surface area contributed by atoms with Crippen LogP contribution in [0.4, 0.5) is 5.69 Å². The van der Waals surface area contributed by atoms with Crippen molar-refractivity contribution in [3.63, 3.8) is 0 Å². The molecule has 0 spiro atoms. The van der Waals surface area contributed by atoms with E-state index in [4.69, 9.17) is 0 Å². The number of carbonyl (C=O) groups is 5. The molecule has 0 aromatic heterocycles. The smallest absolute Gasteiger partial charge is 0.254 e. The van der Waals surface area contributed by atoms with Crippen molar-refractivity contribution in [1.82, 2.24) is 36.7 Å². The molecule has 1 aliphatic rings. The topological polar surface area (TPSA) is 164 Å². The molecule has 1 aromatic carbocycles. The number of nitrogens with one attached hydrogen (secondary N) is 6. The van der Waals surface area contributed by atoms with E-state index in [9.17, 15) is 24.0 Å². The maximum Gasteiger partial charge on any atom is 0.254 e. The second-order valence-electron chi connectivity index (χ2n) is 14.2. The Bertz CT molecular complexity index is 1220. The zero-order valence-corrected chi connectivity index (χ0v) is 32.2. The molecule has 0 bridgehead atoms. The van der Waals surface area contributed by atoms with Gasteiger partial charge in [0.1, 0.15) is 18.4 Å². The molecule has 14 heteroatoms. The maximum atomic E-state index is 13.8. The molecule has 1 fully saturated rings. The summed E-state index contributed by atoms with van der Waals surface area (Å²) in [6, 6.07) is 2.34. The summed E-state index contributed by atoms with van der Waals surface area (Å²) in [6.45, 7) is 20.6. The van der Waals surface area contributed by atoms with E-state index >= 15 is 0 Å². The standard InChI is InChI=1S/C36H62N8O5.ClH/c1-9-43(10-2)18-15-37-33(46)27-13-14-29(30(22-27)41-42-44-16-11-12-17-44)34(47)39-32(21-26(7)8)36(49)40-31(20-25(5)6)35(48)38-28(23-45)19-24(3)4;/h13-14,22-26,28,31-32,41-42H,9-12,15-21H2,1-8H3,(H,37,46)(H,38,48)(H,39,47)(H,40,49);1H/t28-,31-,32-;/m0./s1. The van der Waals surface area contributed by atoms with E-state index in [1.54, 1.807) is 18.2 Å². The molecule has 4 amide bonds. The minimum Gasteiger partial charge on any atom is -0.351 e.